The average molecular weight is 389 g/mol. The number of amides is 1. The number of nitrogens with one attached hydrogen (secondary N) is 1. The van der Waals surface area contributed by atoms with Crippen LogP contribution in [0.15, 0.2) is 63.8 Å². The molecule has 28 heavy (non-hydrogen) atoms. The van der Waals surface area contributed by atoms with Gasteiger partial charge in [0.15, 0.2) is 6.61 Å². The number of fused-ring (bicyclic) bond motifs is 1. The van der Waals surface area contributed by atoms with E-state index in [-0.39, 0.29) is 18.3 Å². The molecule has 8 heteroatoms. The molecule has 0 radical (unpaired) electrons. The van der Waals surface area contributed by atoms with Gasteiger partial charge in [-0.15, -0.1) is 0 Å². The summed E-state index contributed by atoms with van der Waals surface area (Å²) in [6.45, 7) is -2.68. The first-order valence-corrected chi connectivity index (χ1v) is 8.47. The van der Waals surface area contributed by atoms with Crippen molar-refractivity contribution < 1.29 is 27.5 Å². The van der Waals surface area contributed by atoms with Gasteiger partial charge in [-0.25, -0.2) is 4.79 Å². The lowest BCUT2D eigenvalue weighted by atomic mass is 10.1. The number of hydrogen-bond donors (Lipinski definition) is 1. The van der Waals surface area contributed by atoms with Crippen LogP contribution < -0.4 is 20.4 Å². The zero-order valence-electron chi connectivity index (χ0n) is 14.7. The number of carbonyl (C=O) groups is 1. The van der Waals surface area contributed by atoms with Crippen molar-refractivity contribution in [2.24, 2.45) is 0 Å². The summed E-state index contributed by atoms with van der Waals surface area (Å²) in [7, 11) is 0. The maximum Gasteiger partial charge on any atom is 0.387 e. The van der Waals surface area contributed by atoms with Crippen LogP contribution in [0.4, 0.5) is 8.78 Å². The number of hydrogen-bond acceptors (Lipinski definition) is 5. The third-order valence-corrected chi connectivity index (χ3v) is 3.85. The monoisotopic (exact) mass is 389 g/mol. The zero-order chi connectivity index (χ0) is 19.9. The number of halogens is 2. The maximum atomic E-state index is 12.1. The molecule has 6 nitrogen and oxygen atoms in total. The third kappa shape index (κ3) is 5.54. The van der Waals surface area contributed by atoms with Gasteiger partial charge in [0, 0.05) is 24.1 Å². The van der Waals surface area contributed by atoms with Gasteiger partial charge in [-0.05, 0) is 42.3 Å². The van der Waals surface area contributed by atoms with E-state index in [9.17, 15) is 18.4 Å². The Morgan fingerprint density at radius 3 is 2.50 bits per heavy atom. The molecule has 0 unspecified atom stereocenters. The Balaban J connectivity index is 1.44. The molecule has 1 aromatic heterocycles. The molecule has 0 saturated heterocycles. The summed E-state index contributed by atoms with van der Waals surface area (Å²) in [5.74, 6) is 0.182. The van der Waals surface area contributed by atoms with Crippen LogP contribution in [0.1, 0.15) is 5.56 Å². The molecular formula is C20H17F2NO5. The number of carbonyl (C=O) groups excluding carboxylic acids is 1. The maximum absolute atomic E-state index is 12.1. The minimum atomic E-state index is -2.86. The van der Waals surface area contributed by atoms with E-state index in [1.807, 2.05) is 0 Å². The summed E-state index contributed by atoms with van der Waals surface area (Å²) in [6, 6.07) is 14.1. The minimum absolute atomic E-state index is 0.0856. The van der Waals surface area contributed by atoms with Crippen LogP contribution in [0.25, 0.3) is 11.0 Å². The van der Waals surface area contributed by atoms with Gasteiger partial charge in [-0.3, -0.25) is 4.79 Å². The second-order valence-corrected chi connectivity index (χ2v) is 5.87. The van der Waals surface area contributed by atoms with Crippen LogP contribution in [-0.2, 0) is 11.2 Å². The van der Waals surface area contributed by atoms with Crippen molar-refractivity contribution in [3.63, 3.8) is 0 Å². The zero-order valence-corrected chi connectivity index (χ0v) is 14.7. The number of ether oxygens (including phenoxy) is 2. The highest BCUT2D eigenvalue weighted by molar-refractivity contribution is 5.79. The SMILES string of the molecule is O=C(COc1ccc2ccc(=O)oc2c1)NCCc1ccc(OC(F)F)cc1. The van der Waals surface area contributed by atoms with E-state index < -0.39 is 12.2 Å². The van der Waals surface area contributed by atoms with Crippen molar-refractivity contribution in [1.82, 2.24) is 5.32 Å². The first-order chi connectivity index (χ1) is 13.5. The summed E-state index contributed by atoms with van der Waals surface area (Å²) in [5, 5.41) is 3.46. The fourth-order valence-corrected chi connectivity index (χ4v) is 2.51. The smallest absolute Gasteiger partial charge is 0.387 e. The molecule has 2 aromatic carbocycles. The first-order valence-electron chi connectivity index (χ1n) is 8.47. The summed E-state index contributed by atoms with van der Waals surface area (Å²) < 4.78 is 39.0. The van der Waals surface area contributed by atoms with Crippen molar-refractivity contribution in [2.45, 2.75) is 13.0 Å². The predicted molar refractivity (Wildman–Crippen MR) is 97.8 cm³/mol. The molecule has 1 amide bonds. The Kier molecular flexibility index (Phi) is 6.21. The van der Waals surface area contributed by atoms with E-state index in [4.69, 9.17) is 9.15 Å². The minimum Gasteiger partial charge on any atom is -0.484 e. The molecule has 0 aliphatic carbocycles. The summed E-state index contributed by atoms with van der Waals surface area (Å²) >= 11 is 0. The summed E-state index contributed by atoms with van der Waals surface area (Å²) in [6.07, 6.45) is 0.530. The molecule has 3 rings (SSSR count). The van der Waals surface area contributed by atoms with Gasteiger partial charge >= 0.3 is 12.2 Å². The molecule has 0 spiro atoms. The van der Waals surface area contributed by atoms with Crippen molar-refractivity contribution >= 4 is 16.9 Å². The molecule has 0 fully saturated rings. The van der Waals surface area contributed by atoms with E-state index >= 15 is 0 Å². The predicted octanol–water partition coefficient (Wildman–Crippen LogP) is 3.13. The number of alkyl halides is 2. The number of benzene rings is 2. The standard InChI is InChI=1S/C20H17F2NO5/c21-20(22)27-15-5-1-13(2-6-15)9-10-23-18(24)12-26-16-7-3-14-4-8-19(25)28-17(14)11-16/h1-8,11,20H,9-10,12H2,(H,23,24). The van der Waals surface area contributed by atoms with Crippen molar-refractivity contribution in [2.75, 3.05) is 13.2 Å². The summed E-state index contributed by atoms with van der Waals surface area (Å²) in [5.41, 5.74) is 0.785. The molecule has 1 N–H and O–H groups in total. The van der Waals surface area contributed by atoms with Gasteiger partial charge < -0.3 is 19.2 Å². The van der Waals surface area contributed by atoms with E-state index in [1.54, 1.807) is 36.4 Å². The van der Waals surface area contributed by atoms with E-state index in [0.29, 0.717) is 24.3 Å². The van der Waals surface area contributed by atoms with Crippen LogP contribution >= 0.6 is 0 Å². The van der Waals surface area contributed by atoms with Crippen LogP contribution in [0.5, 0.6) is 11.5 Å². The highest BCUT2D eigenvalue weighted by Crippen LogP contribution is 2.19. The molecule has 0 aliphatic rings. The quantitative estimate of drug-likeness (QED) is 0.599. The highest BCUT2D eigenvalue weighted by Gasteiger charge is 2.06. The Morgan fingerprint density at radius 1 is 1.04 bits per heavy atom. The van der Waals surface area contributed by atoms with Crippen molar-refractivity contribution in [1.29, 1.82) is 0 Å². The lowest BCUT2D eigenvalue weighted by Gasteiger charge is -2.09. The summed E-state index contributed by atoms with van der Waals surface area (Å²) in [4.78, 5) is 23.1. The lowest BCUT2D eigenvalue weighted by Crippen LogP contribution is -2.30. The van der Waals surface area contributed by atoms with Crippen molar-refractivity contribution in [3.05, 3.63) is 70.6 Å². The van der Waals surface area contributed by atoms with Crippen LogP contribution in [0, 0.1) is 0 Å². The highest BCUT2D eigenvalue weighted by atomic mass is 19.3. The van der Waals surface area contributed by atoms with E-state index in [1.165, 1.54) is 18.2 Å². The van der Waals surface area contributed by atoms with Crippen LogP contribution in [0.2, 0.25) is 0 Å². The molecule has 3 aromatic rings. The van der Waals surface area contributed by atoms with Gasteiger partial charge in [0.2, 0.25) is 0 Å². The van der Waals surface area contributed by atoms with Crippen LogP contribution in [-0.4, -0.2) is 25.7 Å². The third-order valence-electron chi connectivity index (χ3n) is 3.85. The lowest BCUT2D eigenvalue weighted by molar-refractivity contribution is -0.123. The Morgan fingerprint density at radius 2 is 1.75 bits per heavy atom. The molecule has 1 heterocycles. The molecule has 0 aliphatic heterocycles. The van der Waals surface area contributed by atoms with Gasteiger partial charge in [-0.1, -0.05) is 12.1 Å². The second-order valence-electron chi connectivity index (χ2n) is 5.87. The topological polar surface area (TPSA) is 77.8 Å². The Hall–Kier alpha value is -3.42. The Bertz CT molecular complexity index is 1000. The van der Waals surface area contributed by atoms with E-state index in [2.05, 4.69) is 10.1 Å². The molecular weight excluding hydrogens is 372 g/mol. The Labute approximate surface area is 158 Å². The largest absolute Gasteiger partial charge is 0.484 e. The van der Waals surface area contributed by atoms with Gasteiger partial charge in [0.1, 0.15) is 17.1 Å². The second kappa shape index (κ2) is 8.98. The first kappa shape index (κ1) is 19.3. The van der Waals surface area contributed by atoms with E-state index in [0.717, 1.165) is 10.9 Å². The molecule has 0 atom stereocenters. The molecule has 0 bridgehead atoms. The normalized spacial score (nSPS) is 10.8. The molecule has 146 valence electrons. The average Bonchev–Trinajstić information content (AvgIpc) is 2.67. The van der Waals surface area contributed by atoms with Gasteiger partial charge in [-0.2, -0.15) is 8.78 Å². The van der Waals surface area contributed by atoms with Gasteiger partial charge in [0.25, 0.3) is 5.91 Å². The fourth-order valence-electron chi connectivity index (χ4n) is 2.51. The van der Waals surface area contributed by atoms with Gasteiger partial charge in [0.05, 0.1) is 0 Å². The molecule has 0 saturated carbocycles. The van der Waals surface area contributed by atoms with Crippen molar-refractivity contribution in [3.8, 4) is 11.5 Å². The number of rotatable bonds is 8. The van der Waals surface area contributed by atoms with Crippen LogP contribution in [0.3, 0.4) is 0 Å². The fraction of sp³-hybridized carbons (Fsp3) is 0.200.